The van der Waals surface area contributed by atoms with Crippen molar-refractivity contribution in [2.24, 2.45) is 5.73 Å². The number of benzene rings is 1. The van der Waals surface area contributed by atoms with Crippen LogP contribution >= 0.6 is 0 Å². The van der Waals surface area contributed by atoms with E-state index in [-0.39, 0.29) is 0 Å². The molecule has 1 saturated heterocycles. The Morgan fingerprint density at radius 2 is 1.81 bits per heavy atom. The van der Waals surface area contributed by atoms with Crippen LogP contribution in [-0.4, -0.2) is 54.5 Å². The third kappa shape index (κ3) is 3.39. The number of amides is 1. The molecular weight excluding hydrogens is 276 g/mol. The van der Waals surface area contributed by atoms with Gasteiger partial charge in [-0.15, -0.1) is 0 Å². The lowest BCUT2D eigenvalue weighted by molar-refractivity contribution is 0.0562. The maximum Gasteiger partial charge on any atom is 0.259 e. The topological polar surface area (TPSA) is 49.6 Å². The van der Waals surface area contributed by atoms with E-state index in [1.165, 1.54) is 11.0 Å². The second-order valence-corrected chi connectivity index (χ2v) is 5.22. The van der Waals surface area contributed by atoms with E-state index in [1.807, 2.05) is 0 Å². The van der Waals surface area contributed by atoms with Gasteiger partial charge < -0.3 is 10.6 Å². The molecule has 1 aliphatic rings. The maximum absolute atomic E-state index is 13.7. The molecule has 1 aromatic rings. The number of carbonyl (C=O) groups is 1. The van der Waals surface area contributed by atoms with E-state index in [9.17, 15) is 13.6 Å². The fraction of sp³-hybridized carbons (Fsp3) is 0.533. The molecule has 0 aliphatic carbocycles. The van der Waals surface area contributed by atoms with Gasteiger partial charge in [-0.2, -0.15) is 0 Å². The largest absolute Gasteiger partial charge is 0.336 e. The Kier molecular flexibility index (Phi) is 5.25. The van der Waals surface area contributed by atoms with Gasteiger partial charge in [0.1, 0.15) is 17.2 Å². The Morgan fingerprint density at radius 3 is 2.29 bits per heavy atom. The second-order valence-electron chi connectivity index (χ2n) is 5.22. The summed E-state index contributed by atoms with van der Waals surface area (Å²) in [5.74, 6) is -2.20. The van der Waals surface area contributed by atoms with Gasteiger partial charge in [-0.3, -0.25) is 9.69 Å². The van der Waals surface area contributed by atoms with Gasteiger partial charge in [-0.05, 0) is 18.6 Å². The van der Waals surface area contributed by atoms with Crippen molar-refractivity contribution in [1.29, 1.82) is 0 Å². The quantitative estimate of drug-likeness (QED) is 0.915. The molecule has 21 heavy (non-hydrogen) atoms. The molecule has 0 bridgehead atoms. The van der Waals surface area contributed by atoms with Crippen molar-refractivity contribution < 1.29 is 13.6 Å². The molecule has 1 heterocycles. The summed E-state index contributed by atoms with van der Waals surface area (Å²) in [5.41, 5.74) is 5.26. The number of nitrogens with two attached hydrogens (primary N) is 1. The lowest BCUT2D eigenvalue weighted by atomic mass is 10.1. The smallest absolute Gasteiger partial charge is 0.259 e. The van der Waals surface area contributed by atoms with Crippen molar-refractivity contribution in [3.63, 3.8) is 0 Å². The number of hydrogen-bond donors (Lipinski definition) is 1. The van der Waals surface area contributed by atoms with Crippen molar-refractivity contribution in [3.8, 4) is 0 Å². The minimum Gasteiger partial charge on any atom is -0.336 e. The van der Waals surface area contributed by atoms with Gasteiger partial charge in [0.15, 0.2) is 0 Å². The number of piperazine rings is 1. The van der Waals surface area contributed by atoms with Crippen LogP contribution in [0.3, 0.4) is 0 Å². The first-order valence-electron chi connectivity index (χ1n) is 7.25. The number of carbonyl (C=O) groups excluding carboxylic acids is 1. The summed E-state index contributed by atoms with van der Waals surface area (Å²) in [6.45, 7) is 4.93. The summed E-state index contributed by atoms with van der Waals surface area (Å²) in [4.78, 5) is 16.0. The van der Waals surface area contributed by atoms with Crippen LogP contribution in [0.25, 0.3) is 0 Å². The van der Waals surface area contributed by atoms with Crippen molar-refractivity contribution in [1.82, 2.24) is 9.80 Å². The van der Waals surface area contributed by atoms with Gasteiger partial charge in [0.05, 0.1) is 0 Å². The van der Waals surface area contributed by atoms with Crippen molar-refractivity contribution >= 4 is 5.91 Å². The highest BCUT2D eigenvalue weighted by molar-refractivity contribution is 5.94. The van der Waals surface area contributed by atoms with Crippen LogP contribution in [0.4, 0.5) is 8.78 Å². The predicted octanol–water partition coefficient (Wildman–Crippen LogP) is 1.46. The van der Waals surface area contributed by atoms with E-state index in [1.54, 1.807) is 0 Å². The van der Waals surface area contributed by atoms with Gasteiger partial charge in [-0.25, -0.2) is 8.78 Å². The molecule has 6 heteroatoms. The molecular formula is C15H21F2N3O. The van der Waals surface area contributed by atoms with E-state index in [4.69, 9.17) is 5.73 Å². The van der Waals surface area contributed by atoms with Crippen molar-refractivity contribution in [2.75, 3.05) is 32.7 Å². The van der Waals surface area contributed by atoms with Crippen LogP contribution in [0.5, 0.6) is 0 Å². The number of rotatable bonds is 4. The maximum atomic E-state index is 13.7. The number of hydrogen-bond acceptors (Lipinski definition) is 3. The van der Waals surface area contributed by atoms with E-state index in [0.717, 1.165) is 18.6 Å². The number of nitrogens with zero attached hydrogens (tertiary/aromatic N) is 2. The second kappa shape index (κ2) is 6.95. The molecule has 2 rings (SSSR count). The van der Waals surface area contributed by atoms with Crippen LogP contribution < -0.4 is 5.73 Å². The molecule has 0 saturated carbocycles. The summed E-state index contributed by atoms with van der Waals surface area (Å²) in [7, 11) is 0. The van der Waals surface area contributed by atoms with Crippen molar-refractivity contribution in [2.45, 2.75) is 19.4 Å². The fourth-order valence-corrected chi connectivity index (χ4v) is 2.72. The van der Waals surface area contributed by atoms with Crippen LogP contribution in [0.15, 0.2) is 18.2 Å². The average Bonchev–Trinajstić information content (AvgIpc) is 2.49. The van der Waals surface area contributed by atoms with E-state index >= 15 is 0 Å². The molecule has 1 aromatic carbocycles. The van der Waals surface area contributed by atoms with E-state index in [0.29, 0.717) is 38.8 Å². The van der Waals surface area contributed by atoms with Crippen LogP contribution in [0.2, 0.25) is 0 Å². The third-order valence-corrected chi connectivity index (χ3v) is 4.04. The number of halogens is 2. The molecule has 2 N–H and O–H groups in total. The van der Waals surface area contributed by atoms with Gasteiger partial charge in [-0.1, -0.05) is 13.0 Å². The monoisotopic (exact) mass is 297 g/mol. The van der Waals surface area contributed by atoms with Gasteiger partial charge in [0.2, 0.25) is 0 Å². The summed E-state index contributed by atoms with van der Waals surface area (Å²) < 4.78 is 27.3. The highest BCUT2D eigenvalue weighted by atomic mass is 19.1. The molecule has 1 aliphatic heterocycles. The third-order valence-electron chi connectivity index (χ3n) is 4.04. The Balaban J connectivity index is 2.04. The molecule has 1 fully saturated rings. The summed E-state index contributed by atoms with van der Waals surface area (Å²) in [6.07, 6.45) is 0.951. The zero-order chi connectivity index (χ0) is 15.4. The molecule has 116 valence electrons. The van der Waals surface area contributed by atoms with Gasteiger partial charge in [0, 0.05) is 38.8 Å². The highest BCUT2D eigenvalue weighted by Crippen LogP contribution is 2.17. The molecule has 0 radical (unpaired) electrons. The zero-order valence-electron chi connectivity index (χ0n) is 12.2. The Morgan fingerprint density at radius 1 is 1.24 bits per heavy atom. The standard InChI is InChI=1S/C15H21F2N3O/c1-2-11(10-18)19-6-8-20(9-7-19)15(21)14-12(16)4-3-5-13(14)17/h3-5,11H,2,6-10,18H2,1H3. The SMILES string of the molecule is CCC(CN)N1CCN(C(=O)c2c(F)cccc2F)CC1. The summed E-state index contributed by atoms with van der Waals surface area (Å²) >= 11 is 0. The van der Waals surface area contributed by atoms with Gasteiger partial charge >= 0.3 is 0 Å². The molecule has 1 amide bonds. The summed E-state index contributed by atoms with van der Waals surface area (Å²) in [5, 5.41) is 0. The van der Waals surface area contributed by atoms with E-state index in [2.05, 4.69) is 11.8 Å². The highest BCUT2D eigenvalue weighted by Gasteiger charge is 2.28. The fourth-order valence-electron chi connectivity index (χ4n) is 2.72. The van der Waals surface area contributed by atoms with Crippen molar-refractivity contribution in [3.05, 3.63) is 35.4 Å². The normalized spacial score (nSPS) is 17.8. The minimum absolute atomic E-state index is 0.299. The van der Waals surface area contributed by atoms with E-state index < -0.39 is 23.1 Å². The molecule has 1 atom stereocenters. The molecule has 4 nitrogen and oxygen atoms in total. The first-order chi connectivity index (χ1) is 10.1. The molecule has 1 unspecified atom stereocenters. The van der Waals surface area contributed by atoms with Crippen LogP contribution in [0, 0.1) is 11.6 Å². The predicted molar refractivity (Wildman–Crippen MR) is 77.0 cm³/mol. The summed E-state index contributed by atoms with van der Waals surface area (Å²) in [6, 6.07) is 3.77. The Labute approximate surface area is 123 Å². The average molecular weight is 297 g/mol. The Bertz CT molecular complexity index is 477. The van der Waals surface area contributed by atoms with Crippen LogP contribution in [0.1, 0.15) is 23.7 Å². The minimum atomic E-state index is -0.809. The van der Waals surface area contributed by atoms with Crippen LogP contribution in [-0.2, 0) is 0 Å². The zero-order valence-corrected chi connectivity index (χ0v) is 12.2. The van der Waals surface area contributed by atoms with Gasteiger partial charge in [0.25, 0.3) is 5.91 Å². The lowest BCUT2D eigenvalue weighted by Gasteiger charge is -2.38. The molecule has 0 aromatic heterocycles. The first kappa shape index (κ1) is 15.9. The Hall–Kier alpha value is -1.53. The first-order valence-corrected chi connectivity index (χ1v) is 7.25. The lowest BCUT2D eigenvalue weighted by Crippen LogP contribution is -2.53. The molecule has 0 spiro atoms.